The van der Waals surface area contributed by atoms with Gasteiger partial charge in [0.2, 0.25) is 0 Å². The summed E-state index contributed by atoms with van der Waals surface area (Å²) in [6, 6.07) is 0. The molecule has 90 valence electrons. The molecular formula is C15H24O. The van der Waals surface area contributed by atoms with E-state index in [1.165, 1.54) is 19.3 Å². The highest BCUT2D eigenvalue weighted by Crippen LogP contribution is 2.63. The molecule has 0 aromatic heterocycles. The van der Waals surface area contributed by atoms with Gasteiger partial charge in [-0.2, -0.15) is 0 Å². The standard InChI is InChI=1S/C15H24O/c1-11(10-16)9-15(7-8-15)13-6-5-12(2)14(13,3)4/h5,9,13,16H,6-8,10H2,1-4H3. The molecule has 2 aliphatic rings. The van der Waals surface area contributed by atoms with Gasteiger partial charge in [-0.3, -0.25) is 0 Å². The van der Waals surface area contributed by atoms with E-state index in [0.29, 0.717) is 10.8 Å². The van der Waals surface area contributed by atoms with Crippen LogP contribution in [-0.4, -0.2) is 11.7 Å². The van der Waals surface area contributed by atoms with E-state index in [2.05, 4.69) is 32.9 Å². The van der Waals surface area contributed by atoms with E-state index in [-0.39, 0.29) is 6.61 Å². The molecular weight excluding hydrogens is 196 g/mol. The molecule has 2 rings (SSSR count). The summed E-state index contributed by atoms with van der Waals surface area (Å²) in [4.78, 5) is 0. The fourth-order valence-corrected chi connectivity index (χ4v) is 3.35. The van der Waals surface area contributed by atoms with Crippen molar-refractivity contribution in [2.75, 3.05) is 6.61 Å². The summed E-state index contributed by atoms with van der Waals surface area (Å²) in [7, 11) is 0. The molecule has 1 saturated carbocycles. The normalized spacial score (nSPS) is 31.4. The Morgan fingerprint density at radius 1 is 1.50 bits per heavy atom. The number of hydrogen-bond acceptors (Lipinski definition) is 1. The van der Waals surface area contributed by atoms with E-state index in [1.807, 2.05) is 6.92 Å². The fraction of sp³-hybridized carbons (Fsp3) is 0.733. The molecule has 0 bridgehead atoms. The molecule has 0 aromatic carbocycles. The van der Waals surface area contributed by atoms with Crippen LogP contribution in [0.1, 0.15) is 47.0 Å². The van der Waals surface area contributed by atoms with E-state index < -0.39 is 0 Å². The molecule has 0 spiro atoms. The van der Waals surface area contributed by atoms with Crippen LogP contribution in [0.3, 0.4) is 0 Å². The van der Waals surface area contributed by atoms with Gasteiger partial charge in [0.05, 0.1) is 6.61 Å². The molecule has 0 saturated heterocycles. The Bertz CT molecular complexity index is 342. The van der Waals surface area contributed by atoms with Gasteiger partial charge in [-0.25, -0.2) is 0 Å². The minimum absolute atomic E-state index is 0.210. The molecule has 0 amide bonds. The molecule has 0 aromatic rings. The van der Waals surface area contributed by atoms with E-state index in [9.17, 15) is 0 Å². The van der Waals surface area contributed by atoms with Crippen LogP contribution in [0.2, 0.25) is 0 Å². The number of allylic oxidation sites excluding steroid dienone is 3. The topological polar surface area (TPSA) is 20.2 Å². The summed E-state index contributed by atoms with van der Waals surface area (Å²) in [6.45, 7) is 9.26. The van der Waals surface area contributed by atoms with Gasteiger partial charge < -0.3 is 5.11 Å². The van der Waals surface area contributed by atoms with Crippen LogP contribution in [0.4, 0.5) is 0 Å². The molecule has 1 heteroatoms. The second kappa shape index (κ2) is 3.73. The van der Waals surface area contributed by atoms with Crippen molar-refractivity contribution in [3.8, 4) is 0 Å². The maximum absolute atomic E-state index is 9.17. The van der Waals surface area contributed by atoms with Crippen molar-refractivity contribution in [1.29, 1.82) is 0 Å². The number of aliphatic hydroxyl groups excluding tert-OH is 1. The van der Waals surface area contributed by atoms with Crippen molar-refractivity contribution in [3.63, 3.8) is 0 Å². The first-order valence-electron chi connectivity index (χ1n) is 6.39. The first-order valence-corrected chi connectivity index (χ1v) is 6.39. The summed E-state index contributed by atoms with van der Waals surface area (Å²) in [6.07, 6.45) is 8.59. The zero-order valence-electron chi connectivity index (χ0n) is 11.0. The molecule has 2 aliphatic carbocycles. The van der Waals surface area contributed by atoms with Gasteiger partial charge in [0.1, 0.15) is 0 Å². The molecule has 1 N–H and O–H groups in total. The molecule has 0 radical (unpaired) electrons. The van der Waals surface area contributed by atoms with Gasteiger partial charge in [-0.05, 0) is 49.9 Å². The highest BCUT2D eigenvalue weighted by atomic mass is 16.3. The minimum atomic E-state index is 0.210. The van der Waals surface area contributed by atoms with Crippen molar-refractivity contribution in [1.82, 2.24) is 0 Å². The maximum Gasteiger partial charge on any atom is 0.0639 e. The average Bonchev–Trinajstić information content (AvgIpc) is 2.92. The second-order valence-electron chi connectivity index (χ2n) is 6.28. The Morgan fingerprint density at radius 3 is 2.50 bits per heavy atom. The maximum atomic E-state index is 9.17. The lowest BCUT2D eigenvalue weighted by Crippen LogP contribution is -2.28. The molecule has 1 nitrogen and oxygen atoms in total. The van der Waals surface area contributed by atoms with Crippen LogP contribution in [0.15, 0.2) is 23.3 Å². The van der Waals surface area contributed by atoms with Crippen LogP contribution in [-0.2, 0) is 0 Å². The zero-order chi connectivity index (χ0) is 12.0. The van der Waals surface area contributed by atoms with Crippen molar-refractivity contribution < 1.29 is 5.11 Å². The van der Waals surface area contributed by atoms with Gasteiger partial charge in [-0.1, -0.05) is 37.1 Å². The van der Waals surface area contributed by atoms with Crippen molar-refractivity contribution in [2.45, 2.75) is 47.0 Å². The van der Waals surface area contributed by atoms with Crippen LogP contribution < -0.4 is 0 Å². The highest BCUT2D eigenvalue weighted by Gasteiger charge is 2.54. The first kappa shape index (κ1) is 11.9. The van der Waals surface area contributed by atoms with Crippen molar-refractivity contribution in [2.24, 2.45) is 16.7 Å². The molecule has 0 heterocycles. The van der Waals surface area contributed by atoms with E-state index >= 15 is 0 Å². The summed E-state index contributed by atoms with van der Waals surface area (Å²) in [5, 5.41) is 9.17. The SMILES string of the molecule is CC(=CC1(C2CC=C(C)C2(C)C)CC1)CO. The van der Waals surface area contributed by atoms with Gasteiger partial charge in [0, 0.05) is 0 Å². The highest BCUT2D eigenvalue weighted by molar-refractivity contribution is 5.28. The third-order valence-corrected chi connectivity index (χ3v) is 4.85. The van der Waals surface area contributed by atoms with Gasteiger partial charge >= 0.3 is 0 Å². The Morgan fingerprint density at radius 2 is 2.12 bits per heavy atom. The van der Waals surface area contributed by atoms with Crippen LogP contribution in [0.25, 0.3) is 0 Å². The third-order valence-electron chi connectivity index (χ3n) is 4.85. The Labute approximate surface area is 99.3 Å². The molecule has 1 atom stereocenters. The summed E-state index contributed by atoms with van der Waals surface area (Å²) in [5.74, 6) is 0.737. The van der Waals surface area contributed by atoms with E-state index in [0.717, 1.165) is 11.5 Å². The largest absolute Gasteiger partial charge is 0.392 e. The first-order chi connectivity index (χ1) is 7.42. The lowest BCUT2D eigenvalue weighted by Gasteiger charge is -2.35. The summed E-state index contributed by atoms with van der Waals surface area (Å²) in [5.41, 5.74) is 3.41. The number of rotatable bonds is 3. The van der Waals surface area contributed by atoms with Crippen LogP contribution >= 0.6 is 0 Å². The lowest BCUT2D eigenvalue weighted by atomic mass is 9.69. The Hall–Kier alpha value is -0.560. The average molecular weight is 220 g/mol. The van der Waals surface area contributed by atoms with Gasteiger partial charge in [0.15, 0.2) is 0 Å². The third kappa shape index (κ3) is 1.75. The van der Waals surface area contributed by atoms with Crippen LogP contribution in [0.5, 0.6) is 0 Å². The quantitative estimate of drug-likeness (QED) is 0.719. The Balaban J connectivity index is 2.22. The van der Waals surface area contributed by atoms with Crippen molar-refractivity contribution >= 4 is 0 Å². The summed E-state index contributed by atoms with van der Waals surface area (Å²) < 4.78 is 0. The minimum Gasteiger partial charge on any atom is -0.392 e. The van der Waals surface area contributed by atoms with E-state index in [1.54, 1.807) is 5.57 Å². The van der Waals surface area contributed by atoms with Crippen LogP contribution in [0, 0.1) is 16.7 Å². The smallest absolute Gasteiger partial charge is 0.0639 e. The monoisotopic (exact) mass is 220 g/mol. The molecule has 0 aliphatic heterocycles. The molecule has 16 heavy (non-hydrogen) atoms. The van der Waals surface area contributed by atoms with Crippen molar-refractivity contribution in [3.05, 3.63) is 23.3 Å². The lowest BCUT2D eigenvalue weighted by molar-refractivity contribution is 0.210. The predicted molar refractivity (Wildman–Crippen MR) is 68.2 cm³/mol. The van der Waals surface area contributed by atoms with Gasteiger partial charge in [0.25, 0.3) is 0 Å². The zero-order valence-corrected chi connectivity index (χ0v) is 11.0. The van der Waals surface area contributed by atoms with Gasteiger partial charge in [-0.15, -0.1) is 0 Å². The molecule has 1 fully saturated rings. The molecule has 1 unspecified atom stereocenters. The fourth-order valence-electron chi connectivity index (χ4n) is 3.35. The predicted octanol–water partition coefficient (Wildman–Crippen LogP) is 3.70. The number of aliphatic hydroxyl groups is 1. The Kier molecular flexibility index (Phi) is 2.78. The second-order valence-corrected chi connectivity index (χ2v) is 6.28. The van der Waals surface area contributed by atoms with E-state index in [4.69, 9.17) is 5.11 Å². The number of hydrogen-bond donors (Lipinski definition) is 1. The summed E-state index contributed by atoms with van der Waals surface area (Å²) >= 11 is 0.